The largest absolute Gasteiger partial charge is 0.316 e. The van der Waals surface area contributed by atoms with Gasteiger partial charge in [-0.15, -0.1) is 0 Å². The summed E-state index contributed by atoms with van der Waals surface area (Å²) < 4.78 is 0. The van der Waals surface area contributed by atoms with Crippen molar-refractivity contribution in [1.29, 1.82) is 0 Å². The molecule has 1 atom stereocenters. The highest BCUT2D eigenvalue weighted by Crippen LogP contribution is 2.07. The number of nitrogens with zero attached hydrogens (tertiary/aromatic N) is 1. The van der Waals surface area contributed by atoms with E-state index >= 15 is 0 Å². The summed E-state index contributed by atoms with van der Waals surface area (Å²) in [6.45, 7) is 2.04. The number of hydrogen-bond donors (Lipinski definition) is 2. The molecule has 1 unspecified atom stereocenters. The van der Waals surface area contributed by atoms with Crippen molar-refractivity contribution in [2.75, 3.05) is 26.7 Å². The summed E-state index contributed by atoms with van der Waals surface area (Å²) in [5.74, 6) is -0.465. The van der Waals surface area contributed by atoms with Gasteiger partial charge in [0.1, 0.15) is 0 Å². The normalized spacial score (nSPS) is 18.9. The number of benzene rings is 1. The van der Waals surface area contributed by atoms with Gasteiger partial charge in [-0.25, -0.2) is 0 Å². The van der Waals surface area contributed by atoms with Crippen LogP contribution in [0.25, 0.3) is 0 Å². The Morgan fingerprint density at radius 2 is 2.00 bits per heavy atom. The summed E-state index contributed by atoms with van der Waals surface area (Å²) in [7, 11) is 1.93. The van der Waals surface area contributed by atoms with Crippen LogP contribution in [0.5, 0.6) is 0 Å². The SMILES string of the molecule is CNC1CCN(CC(=O)NC(=O)Cc2ccccc2)C1. The minimum absolute atomic E-state index is 0.220. The average molecular weight is 275 g/mol. The number of rotatable bonds is 5. The van der Waals surface area contributed by atoms with Crippen molar-refractivity contribution in [2.45, 2.75) is 18.9 Å². The van der Waals surface area contributed by atoms with E-state index in [4.69, 9.17) is 0 Å². The average Bonchev–Trinajstić information content (AvgIpc) is 2.87. The molecule has 20 heavy (non-hydrogen) atoms. The number of imide groups is 1. The molecule has 0 bridgehead atoms. The van der Waals surface area contributed by atoms with Gasteiger partial charge in [0.2, 0.25) is 11.8 Å². The van der Waals surface area contributed by atoms with Gasteiger partial charge < -0.3 is 5.32 Å². The minimum atomic E-state index is -0.245. The summed E-state index contributed by atoms with van der Waals surface area (Å²) in [5.41, 5.74) is 0.911. The van der Waals surface area contributed by atoms with Crippen molar-refractivity contribution in [3.63, 3.8) is 0 Å². The third kappa shape index (κ3) is 4.43. The topological polar surface area (TPSA) is 61.4 Å². The Kier molecular flexibility index (Phi) is 5.26. The molecule has 1 aromatic rings. The van der Waals surface area contributed by atoms with Gasteiger partial charge in [-0.1, -0.05) is 30.3 Å². The van der Waals surface area contributed by atoms with E-state index in [-0.39, 0.29) is 18.2 Å². The van der Waals surface area contributed by atoms with Crippen LogP contribution in [0.3, 0.4) is 0 Å². The molecular formula is C15H21N3O2. The minimum Gasteiger partial charge on any atom is -0.316 e. The van der Waals surface area contributed by atoms with E-state index in [2.05, 4.69) is 15.5 Å². The molecule has 0 saturated carbocycles. The first-order chi connectivity index (χ1) is 9.67. The van der Waals surface area contributed by atoms with Crippen molar-refractivity contribution >= 4 is 11.8 Å². The molecular weight excluding hydrogens is 254 g/mol. The van der Waals surface area contributed by atoms with Crippen molar-refractivity contribution in [2.24, 2.45) is 0 Å². The second kappa shape index (κ2) is 7.17. The summed E-state index contributed by atoms with van der Waals surface area (Å²) in [4.78, 5) is 25.6. The fourth-order valence-electron chi connectivity index (χ4n) is 2.44. The predicted octanol–water partition coefficient (Wildman–Crippen LogP) is 0.166. The van der Waals surface area contributed by atoms with Crippen molar-refractivity contribution in [3.8, 4) is 0 Å². The summed E-state index contributed by atoms with van der Waals surface area (Å²) in [5, 5.41) is 5.65. The first-order valence-electron chi connectivity index (χ1n) is 6.93. The first-order valence-corrected chi connectivity index (χ1v) is 6.93. The monoisotopic (exact) mass is 275 g/mol. The van der Waals surface area contributed by atoms with Crippen molar-refractivity contribution < 1.29 is 9.59 Å². The molecule has 1 saturated heterocycles. The zero-order valence-corrected chi connectivity index (χ0v) is 11.8. The fourth-order valence-corrected chi connectivity index (χ4v) is 2.44. The Bertz CT molecular complexity index is 461. The van der Waals surface area contributed by atoms with Gasteiger partial charge in [0.25, 0.3) is 0 Å². The molecule has 2 amide bonds. The van der Waals surface area contributed by atoms with Crippen LogP contribution >= 0.6 is 0 Å². The Hall–Kier alpha value is -1.72. The lowest BCUT2D eigenvalue weighted by Gasteiger charge is -2.15. The quantitative estimate of drug-likeness (QED) is 0.804. The summed E-state index contributed by atoms with van der Waals surface area (Å²) in [6, 6.07) is 9.87. The number of amides is 2. The van der Waals surface area contributed by atoms with Crippen LogP contribution in [0.15, 0.2) is 30.3 Å². The number of hydrogen-bond acceptors (Lipinski definition) is 4. The molecule has 2 N–H and O–H groups in total. The molecule has 1 heterocycles. The Labute approximate surface area is 119 Å². The highest BCUT2D eigenvalue weighted by atomic mass is 16.2. The predicted molar refractivity (Wildman–Crippen MR) is 77.2 cm³/mol. The molecule has 1 aliphatic heterocycles. The standard InChI is InChI=1S/C15H21N3O2/c1-16-13-7-8-18(10-13)11-15(20)17-14(19)9-12-5-3-2-4-6-12/h2-6,13,16H,7-11H2,1H3,(H,17,19,20). The zero-order chi connectivity index (χ0) is 14.4. The van der Waals surface area contributed by atoms with Gasteiger partial charge in [0.05, 0.1) is 13.0 Å². The molecule has 2 rings (SSSR count). The first kappa shape index (κ1) is 14.7. The molecule has 5 heteroatoms. The van der Waals surface area contributed by atoms with Gasteiger partial charge in [-0.3, -0.25) is 19.8 Å². The molecule has 0 radical (unpaired) electrons. The molecule has 1 aliphatic rings. The summed E-state index contributed by atoms with van der Waals surface area (Å²) in [6.07, 6.45) is 1.29. The van der Waals surface area contributed by atoms with E-state index in [9.17, 15) is 9.59 Å². The van der Waals surface area contributed by atoms with Crippen LogP contribution in [-0.4, -0.2) is 49.4 Å². The van der Waals surface area contributed by atoms with Gasteiger partial charge in [-0.2, -0.15) is 0 Å². The molecule has 108 valence electrons. The maximum Gasteiger partial charge on any atom is 0.240 e. The van der Waals surface area contributed by atoms with Crippen LogP contribution < -0.4 is 10.6 Å². The Balaban J connectivity index is 1.73. The Morgan fingerprint density at radius 1 is 1.25 bits per heavy atom. The number of carbonyl (C=O) groups excluding carboxylic acids is 2. The summed E-state index contributed by atoms with van der Waals surface area (Å²) >= 11 is 0. The van der Waals surface area contributed by atoms with E-state index in [0.29, 0.717) is 12.6 Å². The molecule has 5 nitrogen and oxygen atoms in total. The van der Waals surface area contributed by atoms with E-state index < -0.39 is 0 Å². The third-order valence-corrected chi connectivity index (χ3v) is 3.53. The number of likely N-dealkylation sites (N-methyl/N-ethyl adjacent to an activating group) is 1. The lowest BCUT2D eigenvalue weighted by atomic mass is 10.1. The fraction of sp³-hybridized carbons (Fsp3) is 0.467. The zero-order valence-electron chi connectivity index (χ0n) is 11.8. The lowest BCUT2D eigenvalue weighted by molar-refractivity contribution is -0.130. The van der Waals surface area contributed by atoms with Gasteiger partial charge in [-0.05, 0) is 19.0 Å². The highest BCUT2D eigenvalue weighted by Gasteiger charge is 2.23. The molecule has 0 aliphatic carbocycles. The van der Waals surface area contributed by atoms with Crippen LogP contribution in [0.1, 0.15) is 12.0 Å². The molecule has 1 aromatic carbocycles. The molecule has 0 spiro atoms. The maximum absolute atomic E-state index is 11.8. The third-order valence-electron chi connectivity index (χ3n) is 3.53. The lowest BCUT2D eigenvalue weighted by Crippen LogP contribution is -2.40. The number of likely N-dealkylation sites (tertiary alicyclic amines) is 1. The smallest absolute Gasteiger partial charge is 0.240 e. The number of carbonyl (C=O) groups is 2. The second-order valence-electron chi connectivity index (χ2n) is 5.14. The second-order valence-corrected chi connectivity index (χ2v) is 5.14. The molecule has 0 aromatic heterocycles. The number of nitrogens with one attached hydrogen (secondary N) is 2. The van der Waals surface area contributed by atoms with E-state index in [1.807, 2.05) is 37.4 Å². The van der Waals surface area contributed by atoms with E-state index in [0.717, 1.165) is 25.1 Å². The van der Waals surface area contributed by atoms with Crippen LogP contribution in [0, 0.1) is 0 Å². The van der Waals surface area contributed by atoms with Crippen molar-refractivity contribution in [1.82, 2.24) is 15.5 Å². The van der Waals surface area contributed by atoms with Crippen LogP contribution in [0.4, 0.5) is 0 Å². The van der Waals surface area contributed by atoms with Crippen molar-refractivity contribution in [3.05, 3.63) is 35.9 Å². The van der Waals surface area contributed by atoms with E-state index in [1.54, 1.807) is 0 Å². The van der Waals surface area contributed by atoms with Crippen LogP contribution in [-0.2, 0) is 16.0 Å². The molecule has 1 fully saturated rings. The Morgan fingerprint density at radius 3 is 2.65 bits per heavy atom. The van der Waals surface area contributed by atoms with Gasteiger partial charge >= 0.3 is 0 Å². The van der Waals surface area contributed by atoms with Gasteiger partial charge in [0, 0.05) is 19.1 Å². The van der Waals surface area contributed by atoms with Crippen LogP contribution in [0.2, 0.25) is 0 Å². The van der Waals surface area contributed by atoms with Gasteiger partial charge in [0.15, 0.2) is 0 Å². The maximum atomic E-state index is 11.8. The van der Waals surface area contributed by atoms with E-state index in [1.165, 1.54) is 0 Å². The highest BCUT2D eigenvalue weighted by molar-refractivity contribution is 5.96.